The number of nitrogens with one attached hydrogen (secondary N) is 2. The van der Waals surface area contributed by atoms with Gasteiger partial charge in [0.05, 0.1) is 5.25 Å². The molecule has 1 rings (SSSR count). The minimum Gasteiger partial charge on any atom is -0.352 e. The standard InChI is InChI=1S/C12H24N2OS.ClH/c1-3-4-9-16-10(2)12(15)14-11-5-7-13-8-6-11;/h10-11,13H,3-9H2,1-2H3,(H,14,15);1H. The van der Waals surface area contributed by atoms with E-state index in [9.17, 15) is 4.79 Å². The molecule has 0 aliphatic carbocycles. The number of piperidine rings is 1. The van der Waals surface area contributed by atoms with Gasteiger partial charge in [0.15, 0.2) is 0 Å². The van der Waals surface area contributed by atoms with Gasteiger partial charge in [-0.3, -0.25) is 4.79 Å². The highest BCUT2D eigenvalue weighted by molar-refractivity contribution is 8.00. The molecule has 5 heteroatoms. The predicted octanol–water partition coefficient (Wildman–Crippen LogP) is 2.20. The summed E-state index contributed by atoms with van der Waals surface area (Å²) >= 11 is 1.77. The van der Waals surface area contributed by atoms with Crippen molar-refractivity contribution in [2.75, 3.05) is 18.8 Å². The Hall–Kier alpha value is 0.0700. The number of halogens is 1. The number of rotatable bonds is 6. The molecule has 1 aliphatic heterocycles. The predicted molar refractivity (Wildman–Crippen MR) is 78.1 cm³/mol. The van der Waals surface area contributed by atoms with Crippen LogP contribution < -0.4 is 10.6 Å². The van der Waals surface area contributed by atoms with Crippen molar-refractivity contribution in [2.24, 2.45) is 0 Å². The lowest BCUT2D eigenvalue weighted by molar-refractivity contribution is -0.121. The van der Waals surface area contributed by atoms with Gasteiger partial charge >= 0.3 is 0 Å². The summed E-state index contributed by atoms with van der Waals surface area (Å²) in [4.78, 5) is 11.9. The molecule has 17 heavy (non-hydrogen) atoms. The molecule has 102 valence electrons. The van der Waals surface area contributed by atoms with Gasteiger partial charge in [0.2, 0.25) is 5.91 Å². The first kappa shape index (κ1) is 17.1. The van der Waals surface area contributed by atoms with E-state index in [0.29, 0.717) is 6.04 Å². The Labute approximate surface area is 115 Å². The number of unbranched alkanes of at least 4 members (excludes halogenated alkanes) is 1. The Morgan fingerprint density at radius 3 is 2.71 bits per heavy atom. The SMILES string of the molecule is CCCCSC(C)C(=O)NC1CCNCC1.Cl. The summed E-state index contributed by atoms with van der Waals surface area (Å²) in [6.45, 7) is 6.25. The maximum absolute atomic E-state index is 11.9. The quantitative estimate of drug-likeness (QED) is 0.733. The van der Waals surface area contributed by atoms with E-state index in [4.69, 9.17) is 0 Å². The van der Waals surface area contributed by atoms with Crippen LogP contribution in [-0.2, 0) is 4.79 Å². The zero-order valence-electron chi connectivity index (χ0n) is 10.8. The third kappa shape index (κ3) is 7.17. The normalized spacial score (nSPS) is 18.2. The molecule has 1 amide bonds. The average molecular weight is 281 g/mol. The second-order valence-electron chi connectivity index (χ2n) is 4.40. The van der Waals surface area contributed by atoms with E-state index in [1.54, 1.807) is 11.8 Å². The van der Waals surface area contributed by atoms with Gasteiger partial charge in [0, 0.05) is 6.04 Å². The van der Waals surface area contributed by atoms with Crippen molar-refractivity contribution in [3.63, 3.8) is 0 Å². The van der Waals surface area contributed by atoms with Crippen molar-refractivity contribution in [2.45, 2.75) is 50.8 Å². The van der Waals surface area contributed by atoms with E-state index in [1.807, 2.05) is 6.92 Å². The van der Waals surface area contributed by atoms with Gasteiger partial charge in [-0.15, -0.1) is 24.2 Å². The lowest BCUT2D eigenvalue weighted by Crippen LogP contribution is -2.45. The number of hydrogen-bond donors (Lipinski definition) is 2. The summed E-state index contributed by atoms with van der Waals surface area (Å²) in [5.41, 5.74) is 0. The highest BCUT2D eigenvalue weighted by Crippen LogP contribution is 2.13. The maximum Gasteiger partial charge on any atom is 0.233 e. The lowest BCUT2D eigenvalue weighted by Gasteiger charge is -2.25. The molecule has 1 saturated heterocycles. The Morgan fingerprint density at radius 2 is 2.12 bits per heavy atom. The van der Waals surface area contributed by atoms with E-state index < -0.39 is 0 Å². The molecule has 1 aliphatic rings. The van der Waals surface area contributed by atoms with Crippen LogP contribution in [0, 0.1) is 0 Å². The molecule has 0 saturated carbocycles. The summed E-state index contributed by atoms with van der Waals surface area (Å²) < 4.78 is 0. The molecule has 0 aromatic carbocycles. The van der Waals surface area contributed by atoms with Gasteiger partial charge < -0.3 is 10.6 Å². The largest absolute Gasteiger partial charge is 0.352 e. The minimum atomic E-state index is 0. The molecule has 1 atom stereocenters. The number of carbonyl (C=O) groups excluding carboxylic acids is 1. The first-order valence-corrected chi connectivity index (χ1v) is 7.41. The van der Waals surface area contributed by atoms with E-state index in [1.165, 1.54) is 12.8 Å². The van der Waals surface area contributed by atoms with Crippen LogP contribution in [0.1, 0.15) is 39.5 Å². The lowest BCUT2D eigenvalue weighted by atomic mass is 10.1. The number of thioether (sulfide) groups is 1. The van der Waals surface area contributed by atoms with Gasteiger partial charge in [-0.1, -0.05) is 13.3 Å². The van der Waals surface area contributed by atoms with E-state index >= 15 is 0 Å². The fourth-order valence-electron chi connectivity index (χ4n) is 1.76. The van der Waals surface area contributed by atoms with Gasteiger partial charge in [0.25, 0.3) is 0 Å². The second kappa shape index (κ2) is 10.0. The number of amides is 1. The minimum absolute atomic E-state index is 0. The fraction of sp³-hybridized carbons (Fsp3) is 0.917. The van der Waals surface area contributed by atoms with E-state index in [-0.39, 0.29) is 23.6 Å². The summed E-state index contributed by atoms with van der Waals surface area (Å²) in [6, 6.07) is 0.392. The third-order valence-electron chi connectivity index (χ3n) is 2.92. The molecule has 3 nitrogen and oxygen atoms in total. The van der Waals surface area contributed by atoms with E-state index in [0.717, 1.165) is 31.7 Å². The van der Waals surface area contributed by atoms with Gasteiger partial charge in [-0.25, -0.2) is 0 Å². The van der Waals surface area contributed by atoms with Crippen molar-refractivity contribution < 1.29 is 4.79 Å². The van der Waals surface area contributed by atoms with E-state index in [2.05, 4.69) is 17.6 Å². The molecule has 0 spiro atoms. The maximum atomic E-state index is 11.9. The number of carbonyl (C=O) groups is 1. The van der Waals surface area contributed by atoms with Crippen LogP contribution in [0.2, 0.25) is 0 Å². The Morgan fingerprint density at radius 1 is 1.47 bits per heavy atom. The van der Waals surface area contributed by atoms with Crippen LogP contribution in [0.25, 0.3) is 0 Å². The molecule has 0 bridgehead atoms. The number of hydrogen-bond acceptors (Lipinski definition) is 3. The summed E-state index contributed by atoms with van der Waals surface area (Å²) in [5, 5.41) is 6.55. The highest BCUT2D eigenvalue weighted by atomic mass is 35.5. The zero-order valence-corrected chi connectivity index (χ0v) is 12.5. The van der Waals surface area contributed by atoms with Crippen LogP contribution in [0.15, 0.2) is 0 Å². The third-order valence-corrected chi connectivity index (χ3v) is 4.16. The molecule has 1 fully saturated rings. The summed E-state index contributed by atoms with van der Waals surface area (Å²) in [7, 11) is 0. The molecule has 1 unspecified atom stereocenters. The van der Waals surface area contributed by atoms with Crippen LogP contribution in [0.3, 0.4) is 0 Å². The smallest absolute Gasteiger partial charge is 0.233 e. The van der Waals surface area contributed by atoms with Crippen molar-refractivity contribution in [1.82, 2.24) is 10.6 Å². The monoisotopic (exact) mass is 280 g/mol. The first-order valence-electron chi connectivity index (χ1n) is 6.36. The first-order chi connectivity index (χ1) is 7.74. The van der Waals surface area contributed by atoms with Crippen molar-refractivity contribution in [3.05, 3.63) is 0 Å². The fourth-order valence-corrected chi connectivity index (χ4v) is 2.79. The van der Waals surface area contributed by atoms with Gasteiger partial charge in [-0.2, -0.15) is 0 Å². The Kier molecular flexibility index (Phi) is 10.1. The molecular formula is C12H25ClN2OS. The second-order valence-corrected chi connectivity index (χ2v) is 5.85. The zero-order chi connectivity index (χ0) is 11.8. The molecule has 1 heterocycles. The van der Waals surface area contributed by atoms with Gasteiger partial charge in [-0.05, 0) is 45.0 Å². The Bertz CT molecular complexity index is 211. The van der Waals surface area contributed by atoms with Crippen LogP contribution >= 0.6 is 24.2 Å². The molecule has 0 radical (unpaired) electrons. The molecular weight excluding hydrogens is 256 g/mol. The van der Waals surface area contributed by atoms with Crippen molar-refractivity contribution in [1.29, 1.82) is 0 Å². The average Bonchev–Trinajstić information content (AvgIpc) is 2.30. The van der Waals surface area contributed by atoms with Crippen LogP contribution in [0.5, 0.6) is 0 Å². The van der Waals surface area contributed by atoms with Crippen molar-refractivity contribution >= 4 is 30.1 Å². The molecule has 0 aromatic heterocycles. The summed E-state index contributed by atoms with van der Waals surface area (Å²) in [6.07, 6.45) is 4.54. The molecule has 0 aromatic rings. The topological polar surface area (TPSA) is 41.1 Å². The Balaban J connectivity index is 0.00000256. The molecule has 2 N–H and O–H groups in total. The summed E-state index contributed by atoms with van der Waals surface area (Å²) in [5.74, 6) is 1.31. The van der Waals surface area contributed by atoms with Crippen molar-refractivity contribution in [3.8, 4) is 0 Å². The van der Waals surface area contributed by atoms with Gasteiger partial charge in [0.1, 0.15) is 0 Å². The highest BCUT2D eigenvalue weighted by Gasteiger charge is 2.19. The van der Waals surface area contributed by atoms with Crippen LogP contribution in [0.4, 0.5) is 0 Å². The van der Waals surface area contributed by atoms with Crippen LogP contribution in [-0.4, -0.2) is 36.0 Å².